The van der Waals surface area contributed by atoms with Crippen LogP contribution in [0.1, 0.15) is 75.1 Å². The van der Waals surface area contributed by atoms with Gasteiger partial charge in [-0.3, -0.25) is 9.59 Å². The van der Waals surface area contributed by atoms with Gasteiger partial charge in [0.15, 0.2) is 0 Å². The first-order valence-electron chi connectivity index (χ1n) is 15.9. The maximum atomic E-state index is 13.2. The molecule has 1 amide bonds. The van der Waals surface area contributed by atoms with Crippen LogP contribution in [0, 0.1) is 5.92 Å². The van der Waals surface area contributed by atoms with Crippen LogP contribution >= 0.6 is 0 Å². The second-order valence-corrected chi connectivity index (χ2v) is 11.8. The number of amides is 1. The second kappa shape index (κ2) is 16.3. The summed E-state index contributed by atoms with van der Waals surface area (Å²) in [6, 6.07) is 30.3. The molecule has 8 nitrogen and oxygen atoms in total. The molecule has 0 spiro atoms. The molecule has 3 N–H and O–H groups in total. The lowest BCUT2D eigenvalue weighted by molar-refractivity contribution is -0.143. The number of hydrogen-bond acceptors (Lipinski definition) is 5. The molecule has 0 aromatic heterocycles. The van der Waals surface area contributed by atoms with Crippen LogP contribution in [-0.2, 0) is 17.8 Å². The number of aryl methyl sites for hydroxylation is 1. The summed E-state index contributed by atoms with van der Waals surface area (Å²) in [6.07, 6.45) is 7.91. The molecule has 1 saturated carbocycles. The maximum absolute atomic E-state index is 13.2. The van der Waals surface area contributed by atoms with Gasteiger partial charge in [0.05, 0.1) is 23.7 Å². The van der Waals surface area contributed by atoms with Crippen molar-refractivity contribution < 1.29 is 34.1 Å². The largest absolute Gasteiger partial charge is 0.493 e. The number of aliphatic carboxylic acids is 1. The van der Waals surface area contributed by atoms with E-state index in [1.807, 2.05) is 42.5 Å². The molecule has 2 unspecified atom stereocenters. The van der Waals surface area contributed by atoms with Crippen molar-refractivity contribution in [3.05, 3.63) is 130 Å². The number of carboxylic acids is 2. The third-order valence-electron chi connectivity index (χ3n) is 8.27. The van der Waals surface area contributed by atoms with Crippen LogP contribution in [0.2, 0.25) is 0 Å². The molecule has 4 aromatic carbocycles. The summed E-state index contributed by atoms with van der Waals surface area (Å²) in [5.74, 6) is -1.90. The van der Waals surface area contributed by atoms with Gasteiger partial charge >= 0.3 is 11.9 Å². The Labute approximate surface area is 274 Å². The number of carbonyl (C=O) groups excluding carboxylic acids is 1. The highest BCUT2D eigenvalue weighted by molar-refractivity contribution is 6.00. The van der Waals surface area contributed by atoms with E-state index >= 15 is 0 Å². The first kappa shape index (κ1) is 33.0. The average molecular weight is 634 g/mol. The van der Waals surface area contributed by atoms with Gasteiger partial charge in [0.2, 0.25) is 0 Å². The van der Waals surface area contributed by atoms with E-state index in [0.29, 0.717) is 51.1 Å². The number of rotatable bonds is 14. The number of benzene rings is 4. The lowest BCUT2D eigenvalue weighted by atomic mass is 9.85. The molecule has 0 radical (unpaired) electrons. The highest BCUT2D eigenvalue weighted by Gasteiger charge is 2.29. The minimum atomic E-state index is -1.15. The van der Waals surface area contributed by atoms with E-state index in [-0.39, 0.29) is 17.2 Å². The van der Waals surface area contributed by atoms with Crippen LogP contribution < -0.4 is 14.8 Å². The first-order valence-corrected chi connectivity index (χ1v) is 15.9. The fourth-order valence-electron chi connectivity index (χ4n) is 5.63. The van der Waals surface area contributed by atoms with E-state index < -0.39 is 23.8 Å². The van der Waals surface area contributed by atoms with Crippen LogP contribution in [0.25, 0.3) is 12.2 Å². The number of hydrogen-bond donors (Lipinski definition) is 3. The molecule has 0 bridgehead atoms. The van der Waals surface area contributed by atoms with Gasteiger partial charge in [-0.15, -0.1) is 0 Å². The van der Waals surface area contributed by atoms with Gasteiger partial charge < -0.3 is 25.0 Å². The third kappa shape index (κ3) is 9.81. The van der Waals surface area contributed by atoms with Crippen molar-refractivity contribution in [3.8, 4) is 11.5 Å². The highest BCUT2D eigenvalue weighted by atomic mass is 16.5. The van der Waals surface area contributed by atoms with E-state index in [1.165, 1.54) is 18.2 Å². The Morgan fingerprint density at radius 1 is 0.787 bits per heavy atom. The molecule has 1 fully saturated rings. The highest BCUT2D eigenvalue weighted by Crippen LogP contribution is 2.27. The second-order valence-electron chi connectivity index (χ2n) is 11.8. The Balaban J connectivity index is 1.09. The smallest absolute Gasteiger partial charge is 0.335 e. The normalized spacial score (nSPS) is 16.0. The summed E-state index contributed by atoms with van der Waals surface area (Å²) in [6.45, 7) is 0.791. The summed E-state index contributed by atoms with van der Waals surface area (Å²) in [7, 11) is 0. The quantitative estimate of drug-likeness (QED) is 0.0970. The van der Waals surface area contributed by atoms with Crippen molar-refractivity contribution in [2.24, 2.45) is 5.92 Å². The third-order valence-corrected chi connectivity index (χ3v) is 8.27. The van der Waals surface area contributed by atoms with Gasteiger partial charge in [-0.1, -0.05) is 85.3 Å². The predicted molar refractivity (Wildman–Crippen MR) is 181 cm³/mol. The van der Waals surface area contributed by atoms with Crippen molar-refractivity contribution in [1.82, 2.24) is 5.32 Å². The zero-order chi connectivity index (χ0) is 33.0. The predicted octanol–water partition coefficient (Wildman–Crippen LogP) is 7.52. The Bertz CT molecular complexity index is 1680. The molecule has 0 aliphatic heterocycles. The molecule has 2 atom stereocenters. The van der Waals surface area contributed by atoms with Crippen LogP contribution in [0.15, 0.2) is 97.1 Å². The summed E-state index contributed by atoms with van der Waals surface area (Å²) in [5.41, 5.74) is 4.58. The Hall–Kier alpha value is -5.37. The van der Waals surface area contributed by atoms with Gasteiger partial charge in [0.25, 0.3) is 5.91 Å². The van der Waals surface area contributed by atoms with Crippen LogP contribution in [0.5, 0.6) is 11.5 Å². The Morgan fingerprint density at radius 3 is 2.19 bits per heavy atom. The molecule has 4 aromatic rings. The SMILES string of the molecule is O=C(O)c1ccc(OCCCc2ccc(OCc3ccc(/C=C/c4ccccc4)cc3)cc2)c(C(=O)NC2CCCC(C(=O)O)C2)c1. The summed E-state index contributed by atoms with van der Waals surface area (Å²) in [4.78, 5) is 36.2. The number of aromatic carboxylic acids is 1. The van der Waals surface area contributed by atoms with E-state index in [4.69, 9.17) is 9.47 Å². The molecule has 0 heterocycles. The summed E-state index contributed by atoms with van der Waals surface area (Å²) < 4.78 is 11.9. The topological polar surface area (TPSA) is 122 Å². The van der Waals surface area contributed by atoms with Gasteiger partial charge in [0.1, 0.15) is 18.1 Å². The maximum Gasteiger partial charge on any atom is 0.335 e. The van der Waals surface area contributed by atoms with Crippen molar-refractivity contribution in [2.45, 2.75) is 51.2 Å². The molecule has 242 valence electrons. The fraction of sp³-hybridized carbons (Fsp3) is 0.256. The summed E-state index contributed by atoms with van der Waals surface area (Å²) in [5, 5.41) is 21.7. The van der Waals surface area contributed by atoms with E-state index in [1.54, 1.807) is 0 Å². The molecule has 0 saturated heterocycles. The van der Waals surface area contributed by atoms with Crippen molar-refractivity contribution in [2.75, 3.05) is 6.61 Å². The minimum Gasteiger partial charge on any atom is -0.493 e. The Kier molecular flexibility index (Phi) is 11.4. The standard InChI is InChI=1S/C39H39NO7/c41-37(40-33-10-4-9-31(24-33)38(42)43)35-25-32(39(44)45)19-22-36(35)46-23-5-8-28-17-20-34(21-18-28)47-26-30-15-13-29(14-16-30)12-11-27-6-2-1-3-7-27/h1-3,6-7,11-22,25,31,33H,4-5,8-10,23-24,26H2,(H,40,41)(H,42,43)(H,44,45)/b12-11+. The number of nitrogens with one attached hydrogen (secondary N) is 1. The van der Waals surface area contributed by atoms with Gasteiger partial charge in [-0.05, 0) is 84.7 Å². The lowest BCUT2D eigenvalue weighted by Gasteiger charge is -2.27. The van der Waals surface area contributed by atoms with Crippen molar-refractivity contribution in [3.63, 3.8) is 0 Å². The van der Waals surface area contributed by atoms with Gasteiger partial charge in [-0.25, -0.2) is 4.79 Å². The molecule has 1 aliphatic rings. The fourth-order valence-corrected chi connectivity index (χ4v) is 5.63. The lowest BCUT2D eigenvalue weighted by Crippen LogP contribution is -2.40. The van der Waals surface area contributed by atoms with E-state index in [2.05, 4.69) is 53.9 Å². The van der Waals surface area contributed by atoms with Gasteiger partial charge in [-0.2, -0.15) is 0 Å². The number of carboxylic acid groups (broad SMARTS) is 2. The van der Waals surface area contributed by atoms with Crippen LogP contribution in [0.4, 0.5) is 0 Å². The number of carbonyl (C=O) groups is 3. The monoisotopic (exact) mass is 633 g/mol. The molecular formula is C39H39NO7. The van der Waals surface area contributed by atoms with Crippen molar-refractivity contribution >= 4 is 30.0 Å². The molecule has 1 aliphatic carbocycles. The Morgan fingerprint density at radius 2 is 1.49 bits per heavy atom. The van der Waals surface area contributed by atoms with Gasteiger partial charge in [0, 0.05) is 6.04 Å². The molecular weight excluding hydrogens is 594 g/mol. The minimum absolute atomic E-state index is 0.0233. The van der Waals surface area contributed by atoms with E-state index in [9.17, 15) is 24.6 Å². The summed E-state index contributed by atoms with van der Waals surface area (Å²) >= 11 is 0. The molecule has 47 heavy (non-hydrogen) atoms. The van der Waals surface area contributed by atoms with Crippen molar-refractivity contribution in [1.29, 1.82) is 0 Å². The number of ether oxygens (including phenoxy) is 2. The van der Waals surface area contributed by atoms with Crippen LogP contribution in [-0.4, -0.2) is 40.7 Å². The molecule has 5 rings (SSSR count). The first-order chi connectivity index (χ1) is 22.8. The zero-order valence-electron chi connectivity index (χ0n) is 26.1. The zero-order valence-corrected chi connectivity index (χ0v) is 26.1. The van der Waals surface area contributed by atoms with Crippen LogP contribution in [0.3, 0.4) is 0 Å². The van der Waals surface area contributed by atoms with E-state index in [0.717, 1.165) is 34.4 Å². The molecule has 8 heteroatoms. The average Bonchev–Trinajstić information content (AvgIpc) is 3.09.